The number of benzene rings is 1. The van der Waals surface area contributed by atoms with Gasteiger partial charge >= 0.3 is 0 Å². The fourth-order valence-electron chi connectivity index (χ4n) is 1.26. The first kappa shape index (κ1) is 13.6. The highest BCUT2D eigenvalue weighted by Crippen LogP contribution is 2.39. The fourth-order valence-corrected chi connectivity index (χ4v) is 2.09. The highest BCUT2D eigenvalue weighted by atomic mass is 79.9. The molecule has 0 aromatic heterocycles. The predicted molar refractivity (Wildman–Crippen MR) is 74.4 cm³/mol. The molecule has 1 aromatic rings. The first-order chi connectivity index (χ1) is 7.60. The highest BCUT2D eigenvalue weighted by Gasteiger charge is 2.13. The summed E-state index contributed by atoms with van der Waals surface area (Å²) < 4.78 is 11.9. The van der Waals surface area contributed by atoms with E-state index in [1.165, 1.54) is 0 Å². The molecule has 0 aliphatic rings. The molecule has 0 unspecified atom stereocenters. The molecule has 0 saturated carbocycles. The van der Waals surface area contributed by atoms with Crippen molar-refractivity contribution in [3.8, 4) is 11.5 Å². The molecule has 0 radical (unpaired) electrons. The molecule has 16 heavy (non-hydrogen) atoms. The molecule has 0 fully saturated rings. The Morgan fingerprint density at radius 1 is 1.31 bits per heavy atom. The van der Waals surface area contributed by atoms with E-state index in [1.807, 2.05) is 32.1 Å². The standard InChI is InChI=1S/C12H14Br2O2/c1-8(2)16-12-10(15-3)5-4-9(6-7-13)11(12)14/h4-8H,1-3H3. The van der Waals surface area contributed by atoms with Crippen LogP contribution in [0.3, 0.4) is 0 Å². The molecule has 88 valence electrons. The second-order valence-electron chi connectivity index (χ2n) is 3.46. The summed E-state index contributed by atoms with van der Waals surface area (Å²) in [6, 6.07) is 3.86. The number of methoxy groups -OCH3 is 1. The van der Waals surface area contributed by atoms with Gasteiger partial charge < -0.3 is 9.47 Å². The highest BCUT2D eigenvalue weighted by molar-refractivity contribution is 9.11. The Morgan fingerprint density at radius 2 is 2.00 bits per heavy atom. The van der Waals surface area contributed by atoms with E-state index in [-0.39, 0.29) is 6.10 Å². The van der Waals surface area contributed by atoms with Crippen LogP contribution < -0.4 is 9.47 Å². The number of ether oxygens (including phenoxy) is 2. The second kappa shape index (κ2) is 6.30. The minimum absolute atomic E-state index is 0.105. The van der Waals surface area contributed by atoms with E-state index in [9.17, 15) is 0 Å². The van der Waals surface area contributed by atoms with Crippen molar-refractivity contribution in [3.05, 3.63) is 27.2 Å². The lowest BCUT2D eigenvalue weighted by molar-refractivity contribution is 0.228. The van der Waals surface area contributed by atoms with Gasteiger partial charge in [-0.2, -0.15) is 0 Å². The van der Waals surface area contributed by atoms with Gasteiger partial charge in [-0.1, -0.05) is 15.9 Å². The van der Waals surface area contributed by atoms with Crippen LogP contribution in [-0.2, 0) is 0 Å². The Balaban J connectivity index is 3.22. The number of hydrogen-bond acceptors (Lipinski definition) is 2. The molecule has 0 heterocycles. The molecular formula is C12H14Br2O2. The summed E-state index contributed by atoms with van der Waals surface area (Å²) in [7, 11) is 1.63. The van der Waals surface area contributed by atoms with Crippen LogP contribution in [0.5, 0.6) is 11.5 Å². The van der Waals surface area contributed by atoms with E-state index in [0.29, 0.717) is 0 Å². The maximum absolute atomic E-state index is 5.73. The van der Waals surface area contributed by atoms with Crippen molar-refractivity contribution < 1.29 is 9.47 Å². The second-order valence-corrected chi connectivity index (χ2v) is 4.78. The SMILES string of the molecule is COc1ccc(C=CBr)c(Br)c1OC(C)C. The van der Waals surface area contributed by atoms with Gasteiger partial charge in [0.05, 0.1) is 17.7 Å². The summed E-state index contributed by atoms with van der Waals surface area (Å²) in [4.78, 5) is 1.80. The van der Waals surface area contributed by atoms with Gasteiger partial charge in [-0.05, 0) is 58.5 Å². The Kier molecular flexibility index (Phi) is 5.35. The third-order valence-corrected chi connectivity index (χ3v) is 2.99. The third-order valence-electron chi connectivity index (χ3n) is 1.91. The van der Waals surface area contributed by atoms with Crippen molar-refractivity contribution in [2.75, 3.05) is 7.11 Å². The molecule has 0 spiro atoms. The van der Waals surface area contributed by atoms with Gasteiger partial charge in [-0.3, -0.25) is 0 Å². The van der Waals surface area contributed by atoms with Crippen LogP contribution in [0.15, 0.2) is 21.6 Å². The molecule has 1 aromatic carbocycles. The third kappa shape index (κ3) is 3.25. The zero-order chi connectivity index (χ0) is 12.1. The van der Waals surface area contributed by atoms with Gasteiger partial charge in [0.2, 0.25) is 0 Å². The average Bonchev–Trinajstić information content (AvgIpc) is 2.24. The zero-order valence-corrected chi connectivity index (χ0v) is 12.6. The number of rotatable bonds is 4. The summed E-state index contributed by atoms with van der Waals surface area (Å²) in [6.07, 6.45) is 2.05. The minimum Gasteiger partial charge on any atom is -0.493 e. The van der Waals surface area contributed by atoms with E-state index >= 15 is 0 Å². The first-order valence-corrected chi connectivity index (χ1v) is 6.61. The van der Waals surface area contributed by atoms with Crippen LogP contribution in [0.2, 0.25) is 0 Å². The lowest BCUT2D eigenvalue weighted by atomic mass is 10.2. The van der Waals surface area contributed by atoms with Gasteiger partial charge in [0.1, 0.15) is 0 Å². The summed E-state index contributed by atoms with van der Waals surface area (Å²) in [5.74, 6) is 1.47. The quantitative estimate of drug-likeness (QED) is 0.790. The van der Waals surface area contributed by atoms with E-state index in [1.54, 1.807) is 12.1 Å². The first-order valence-electron chi connectivity index (χ1n) is 4.90. The molecule has 1 rings (SSSR count). The molecule has 0 saturated heterocycles. The Labute approximate surface area is 113 Å². The van der Waals surface area contributed by atoms with Crippen LogP contribution in [0.25, 0.3) is 6.08 Å². The van der Waals surface area contributed by atoms with Gasteiger partial charge in [0, 0.05) is 0 Å². The average molecular weight is 350 g/mol. The van der Waals surface area contributed by atoms with E-state index in [4.69, 9.17) is 9.47 Å². The maximum Gasteiger partial charge on any atom is 0.176 e. The zero-order valence-electron chi connectivity index (χ0n) is 9.46. The monoisotopic (exact) mass is 348 g/mol. The lowest BCUT2D eigenvalue weighted by Crippen LogP contribution is -2.07. The van der Waals surface area contributed by atoms with Gasteiger partial charge in [0.15, 0.2) is 11.5 Å². The van der Waals surface area contributed by atoms with Crippen LogP contribution >= 0.6 is 31.9 Å². The summed E-state index contributed by atoms with van der Waals surface area (Å²) in [6.45, 7) is 3.97. The molecule has 0 N–H and O–H groups in total. The number of hydrogen-bond donors (Lipinski definition) is 0. The van der Waals surface area contributed by atoms with Crippen LogP contribution in [0, 0.1) is 0 Å². The molecule has 0 atom stereocenters. The fraction of sp³-hybridized carbons (Fsp3) is 0.333. The molecule has 0 aliphatic heterocycles. The van der Waals surface area contributed by atoms with Crippen LogP contribution in [0.1, 0.15) is 19.4 Å². The van der Waals surface area contributed by atoms with Gasteiger partial charge in [-0.25, -0.2) is 0 Å². The van der Waals surface area contributed by atoms with Crippen molar-refractivity contribution >= 4 is 37.9 Å². The van der Waals surface area contributed by atoms with Crippen LogP contribution in [0.4, 0.5) is 0 Å². The Morgan fingerprint density at radius 3 is 2.50 bits per heavy atom. The van der Waals surface area contributed by atoms with E-state index in [0.717, 1.165) is 21.5 Å². The van der Waals surface area contributed by atoms with Crippen molar-refractivity contribution in [2.24, 2.45) is 0 Å². The smallest absolute Gasteiger partial charge is 0.176 e. The van der Waals surface area contributed by atoms with Crippen molar-refractivity contribution in [3.63, 3.8) is 0 Å². The number of halogens is 2. The summed E-state index contributed by atoms with van der Waals surface area (Å²) in [5, 5.41) is 0. The van der Waals surface area contributed by atoms with Gasteiger partial charge in [-0.15, -0.1) is 0 Å². The van der Waals surface area contributed by atoms with Crippen molar-refractivity contribution in [1.82, 2.24) is 0 Å². The van der Waals surface area contributed by atoms with Crippen molar-refractivity contribution in [2.45, 2.75) is 20.0 Å². The normalized spacial score (nSPS) is 11.1. The van der Waals surface area contributed by atoms with Gasteiger partial charge in [0.25, 0.3) is 0 Å². The Hall–Kier alpha value is -0.480. The molecule has 2 nitrogen and oxygen atoms in total. The van der Waals surface area contributed by atoms with E-state index < -0.39 is 0 Å². The Bertz CT molecular complexity index is 387. The topological polar surface area (TPSA) is 18.5 Å². The van der Waals surface area contributed by atoms with E-state index in [2.05, 4.69) is 31.9 Å². The lowest BCUT2D eigenvalue weighted by Gasteiger charge is -2.16. The molecule has 0 amide bonds. The minimum atomic E-state index is 0.105. The maximum atomic E-state index is 5.73. The molecule has 0 bridgehead atoms. The molecule has 4 heteroatoms. The largest absolute Gasteiger partial charge is 0.493 e. The van der Waals surface area contributed by atoms with Crippen LogP contribution in [-0.4, -0.2) is 13.2 Å². The summed E-state index contributed by atoms with van der Waals surface area (Å²) in [5.41, 5.74) is 1.04. The molecule has 0 aliphatic carbocycles. The molecular weight excluding hydrogens is 336 g/mol. The summed E-state index contributed by atoms with van der Waals surface area (Å²) >= 11 is 6.78. The predicted octanol–water partition coefficient (Wildman–Crippen LogP) is 4.61. The van der Waals surface area contributed by atoms with Crippen molar-refractivity contribution in [1.29, 1.82) is 0 Å².